The molecule has 0 aliphatic carbocycles. The maximum atomic E-state index is 5.98. The highest BCUT2D eigenvalue weighted by molar-refractivity contribution is 9.10. The van der Waals surface area contributed by atoms with E-state index in [2.05, 4.69) is 45.1 Å². The Morgan fingerprint density at radius 3 is 2.95 bits per heavy atom. The predicted octanol–water partition coefficient (Wildman–Crippen LogP) is 2.97. The van der Waals surface area contributed by atoms with Crippen LogP contribution in [0.2, 0.25) is 0 Å². The van der Waals surface area contributed by atoms with Crippen molar-refractivity contribution in [3.05, 3.63) is 10.7 Å². The molecular weight excluding hydrogens is 308 g/mol. The van der Waals surface area contributed by atoms with E-state index in [1.54, 1.807) is 6.20 Å². The van der Waals surface area contributed by atoms with E-state index in [0.717, 1.165) is 42.6 Å². The molecule has 1 aliphatic heterocycles. The van der Waals surface area contributed by atoms with Gasteiger partial charge >= 0.3 is 0 Å². The van der Waals surface area contributed by atoms with Crippen molar-refractivity contribution in [2.24, 2.45) is 0 Å². The molecule has 0 saturated carbocycles. The van der Waals surface area contributed by atoms with Crippen molar-refractivity contribution in [3.8, 4) is 0 Å². The van der Waals surface area contributed by atoms with E-state index in [4.69, 9.17) is 10.5 Å². The van der Waals surface area contributed by atoms with Gasteiger partial charge in [0.2, 0.25) is 5.95 Å². The summed E-state index contributed by atoms with van der Waals surface area (Å²) in [5.74, 6) is 1.05. The van der Waals surface area contributed by atoms with Gasteiger partial charge in [-0.15, -0.1) is 0 Å². The first-order valence-corrected chi connectivity index (χ1v) is 7.56. The van der Waals surface area contributed by atoms with Gasteiger partial charge in [-0.2, -0.15) is 4.98 Å². The minimum atomic E-state index is 0.000960. The van der Waals surface area contributed by atoms with E-state index < -0.39 is 0 Å². The second-order valence-corrected chi connectivity index (χ2v) is 5.85. The van der Waals surface area contributed by atoms with Gasteiger partial charge < -0.3 is 15.8 Å². The van der Waals surface area contributed by atoms with E-state index in [0.29, 0.717) is 6.04 Å². The summed E-state index contributed by atoms with van der Waals surface area (Å²) in [6, 6.07) is 0.360. The highest BCUT2D eigenvalue weighted by Crippen LogP contribution is 2.33. The summed E-state index contributed by atoms with van der Waals surface area (Å²) in [7, 11) is 0. The number of nitrogen functional groups attached to an aromatic ring is 1. The summed E-state index contributed by atoms with van der Waals surface area (Å²) in [4.78, 5) is 8.18. The Labute approximate surface area is 122 Å². The Hall–Kier alpha value is -0.880. The molecule has 2 heterocycles. The summed E-state index contributed by atoms with van der Waals surface area (Å²) in [5.41, 5.74) is 5.63. The molecule has 1 saturated heterocycles. The SMILES string of the molecule is CCC1(CC)CC(Nc2nc(N)ncc2Br)CCO1. The maximum Gasteiger partial charge on any atom is 0.221 e. The summed E-state index contributed by atoms with van der Waals surface area (Å²) in [6.07, 6.45) is 5.73. The molecule has 1 fully saturated rings. The van der Waals surface area contributed by atoms with Gasteiger partial charge in [0.15, 0.2) is 0 Å². The van der Waals surface area contributed by atoms with Gasteiger partial charge in [-0.1, -0.05) is 13.8 Å². The molecule has 1 atom stereocenters. The number of hydrogen-bond acceptors (Lipinski definition) is 5. The lowest BCUT2D eigenvalue weighted by molar-refractivity contribution is -0.0864. The molecule has 106 valence electrons. The number of halogens is 1. The van der Waals surface area contributed by atoms with Crippen molar-refractivity contribution in [2.75, 3.05) is 17.7 Å². The first-order chi connectivity index (χ1) is 9.08. The topological polar surface area (TPSA) is 73.1 Å². The van der Waals surface area contributed by atoms with Gasteiger partial charge in [-0.25, -0.2) is 4.98 Å². The summed E-state index contributed by atoms with van der Waals surface area (Å²) in [6.45, 7) is 5.16. The minimum absolute atomic E-state index is 0.000960. The van der Waals surface area contributed by atoms with Crippen LogP contribution in [0, 0.1) is 0 Å². The molecule has 0 spiro atoms. The number of nitrogens with one attached hydrogen (secondary N) is 1. The predicted molar refractivity (Wildman–Crippen MR) is 80.1 cm³/mol. The lowest BCUT2D eigenvalue weighted by Gasteiger charge is -2.40. The lowest BCUT2D eigenvalue weighted by atomic mass is 9.86. The van der Waals surface area contributed by atoms with Crippen LogP contribution in [0.3, 0.4) is 0 Å². The maximum absolute atomic E-state index is 5.98. The fraction of sp³-hybridized carbons (Fsp3) is 0.692. The molecule has 2 rings (SSSR count). The molecule has 1 aromatic rings. The molecule has 3 N–H and O–H groups in total. The number of anilines is 2. The summed E-state index contributed by atoms with van der Waals surface area (Å²) < 4.78 is 6.82. The van der Waals surface area contributed by atoms with E-state index in [-0.39, 0.29) is 11.5 Å². The average molecular weight is 329 g/mol. The van der Waals surface area contributed by atoms with Gasteiger partial charge in [-0.05, 0) is 41.6 Å². The van der Waals surface area contributed by atoms with E-state index >= 15 is 0 Å². The van der Waals surface area contributed by atoms with Crippen molar-refractivity contribution < 1.29 is 4.74 Å². The normalized spacial score (nSPS) is 22.2. The highest BCUT2D eigenvalue weighted by Gasteiger charge is 2.34. The van der Waals surface area contributed by atoms with Gasteiger partial charge in [0.25, 0.3) is 0 Å². The van der Waals surface area contributed by atoms with Crippen LogP contribution in [-0.4, -0.2) is 28.2 Å². The van der Waals surface area contributed by atoms with Crippen molar-refractivity contribution in [1.29, 1.82) is 0 Å². The molecular formula is C13H21BrN4O. The fourth-order valence-corrected chi connectivity index (χ4v) is 2.87. The molecule has 19 heavy (non-hydrogen) atoms. The number of nitrogens with two attached hydrogens (primary N) is 1. The smallest absolute Gasteiger partial charge is 0.221 e. The Bertz CT molecular complexity index is 437. The van der Waals surface area contributed by atoms with E-state index in [1.165, 1.54) is 0 Å². The van der Waals surface area contributed by atoms with Gasteiger partial charge in [-0.3, -0.25) is 0 Å². The number of hydrogen-bond donors (Lipinski definition) is 2. The molecule has 5 nitrogen and oxygen atoms in total. The van der Waals surface area contributed by atoms with Gasteiger partial charge in [0, 0.05) is 18.8 Å². The molecule has 1 aliphatic rings. The van der Waals surface area contributed by atoms with Gasteiger partial charge in [0.1, 0.15) is 5.82 Å². The highest BCUT2D eigenvalue weighted by atomic mass is 79.9. The van der Waals surface area contributed by atoms with Crippen LogP contribution < -0.4 is 11.1 Å². The van der Waals surface area contributed by atoms with E-state index in [9.17, 15) is 0 Å². The summed E-state index contributed by atoms with van der Waals surface area (Å²) in [5, 5.41) is 3.46. The summed E-state index contributed by atoms with van der Waals surface area (Å²) >= 11 is 3.45. The zero-order chi connectivity index (χ0) is 13.9. The van der Waals surface area contributed by atoms with Crippen LogP contribution >= 0.6 is 15.9 Å². The third-order valence-corrected chi connectivity index (χ3v) is 4.47. The zero-order valence-electron chi connectivity index (χ0n) is 11.4. The lowest BCUT2D eigenvalue weighted by Crippen LogP contribution is -2.43. The third kappa shape index (κ3) is 3.36. The van der Waals surface area contributed by atoms with Crippen molar-refractivity contribution in [2.45, 2.75) is 51.2 Å². The van der Waals surface area contributed by atoms with Crippen molar-refractivity contribution in [1.82, 2.24) is 9.97 Å². The third-order valence-electron chi connectivity index (χ3n) is 3.89. The molecule has 1 aromatic heterocycles. The Morgan fingerprint density at radius 1 is 1.53 bits per heavy atom. The van der Waals surface area contributed by atoms with E-state index in [1.807, 2.05) is 0 Å². The minimum Gasteiger partial charge on any atom is -0.375 e. The number of ether oxygens (including phenoxy) is 1. The van der Waals surface area contributed by atoms with Crippen LogP contribution in [0.1, 0.15) is 39.5 Å². The first kappa shape index (κ1) is 14.5. The zero-order valence-corrected chi connectivity index (χ0v) is 13.0. The van der Waals surface area contributed by atoms with Crippen LogP contribution in [0.4, 0.5) is 11.8 Å². The molecule has 6 heteroatoms. The number of nitrogens with zero attached hydrogens (tertiary/aromatic N) is 2. The Balaban J connectivity index is 2.08. The molecule has 0 bridgehead atoms. The monoisotopic (exact) mass is 328 g/mol. The Morgan fingerprint density at radius 2 is 2.26 bits per heavy atom. The van der Waals surface area contributed by atoms with Crippen molar-refractivity contribution in [3.63, 3.8) is 0 Å². The molecule has 0 amide bonds. The van der Waals surface area contributed by atoms with Crippen molar-refractivity contribution >= 4 is 27.7 Å². The first-order valence-electron chi connectivity index (χ1n) is 6.77. The second kappa shape index (κ2) is 6.05. The van der Waals surface area contributed by atoms with Crippen LogP contribution in [0.5, 0.6) is 0 Å². The largest absolute Gasteiger partial charge is 0.375 e. The van der Waals surface area contributed by atoms with Gasteiger partial charge in [0.05, 0.1) is 10.1 Å². The second-order valence-electron chi connectivity index (χ2n) is 5.00. The molecule has 1 unspecified atom stereocenters. The quantitative estimate of drug-likeness (QED) is 0.888. The molecule has 0 radical (unpaired) electrons. The Kier molecular flexibility index (Phi) is 4.62. The number of rotatable bonds is 4. The standard InChI is InChI=1S/C13H21BrN4O/c1-3-13(4-2)7-9(5-6-19-13)17-11-10(14)8-16-12(15)18-11/h8-9H,3-7H2,1-2H3,(H3,15,16,17,18). The average Bonchev–Trinajstić information content (AvgIpc) is 2.43. The fourth-order valence-electron chi connectivity index (χ4n) is 2.57. The van der Waals surface area contributed by atoms with Crippen LogP contribution in [0.25, 0.3) is 0 Å². The molecule has 0 aromatic carbocycles. The van der Waals surface area contributed by atoms with Crippen LogP contribution in [0.15, 0.2) is 10.7 Å². The number of aromatic nitrogens is 2. The van der Waals surface area contributed by atoms with Crippen LogP contribution in [-0.2, 0) is 4.74 Å².